The van der Waals surface area contributed by atoms with Crippen molar-refractivity contribution in [3.63, 3.8) is 0 Å². The van der Waals surface area contributed by atoms with E-state index in [9.17, 15) is 10.2 Å². The number of ether oxygens (including phenoxy) is 2. The van der Waals surface area contributed by atoms with Crippen LogP contribution in [0.5, 0.6) is 11.5 Å². The number of aryl methyl sites for hydroxylation is 2. The Kier molecular flexibility index (Phi) is 31.9. The molecule has 0 radical (unpaired) electrons. The fourth-order valence-corrected chi connectivity index (χ4v) is 15.3. The molecule has 0 aromatic heterocycles. The van der Waals surface area contributed by atoms with Crippen LogP contribution in [0.3, 0.4) is 0 Å². The van der Waals surface area contributed by atoms with Gasteiger partial charge >= 0.3 is 70.4 Å². The molecule has 6 rings (SSSR count). The van der Waals surface area contributed by atoms with Crippen molar-refractivity contribution in [1.82, 2.24) is 0 Å². The minimum atomic E-state index is -1.11. The molecule has 2 aliphatic heterocycles. The minimum absolute atomic E-state index is 0. The molecule has 4 aromatic rings. The summed E-state index contributed by atoms with van der Waals surface area (Å²) in [6, 6.07) is 24.4. The van der Waals surface area contributed by atoms with E-state index >= 15 is 0 Å². The molecule has 70 heavy (non-hydrogen) atoms. The minimum Gasteiger partial charge on any atom is -0.872 e. The first-order chi connectivity index (χ1) is 30.7. The van der Waals surface area contributed by atoms with Crippen LogP contribution in [0, 0.1) is 13.8 Å². The van der Waals surface area contributed by atoms with Crippen molar-refractivity contribution in [2.75, 3.05) is 26.4 Å². The Balaban J connectivity index is 0. The van der Waals surface area contributed by atoms with Crippen molar-refractivity contribution in [1.29, 1.82) is 0 Å². The van der Waals surface area contributed by atoms with Crippen LogP contribution in [0.1, 0.15) is 153 Å². The zero-order chi connectivity index (χ0) is 51.0. The predicted octanol–water partition coefficient (Wildman–Crippen LogP) is 10.4. The monoisotopic (exact) mass is 1050 g/mol. The third-order valence-electron chi connectivity index (χ3n) is 10.9. The van der Waals surface area contributed by atoms with E-state index in [2.05, 4.69) is 159 Å². The normalized spacial score (nSPS) is 13.7. The van der Waals surface area contributed by atoms with E-state index in [-0.39, 0.29) is 104 Å². The maximum Gasteiger partial charge on any atom is 3.00 e. The Morgan fingerprint density at radius 1 is 0.457 bits per heavy atom. The summed E-state index contributed by atoms with van der Waals surface area (Å²) in [6.45, 7) is 48.4. The van der Waals surface area contributed by atoms with Gasteiger partial charge in [-0.05, 0) is 72.3 Å². The van der Waals surface area contributed by atoms with Crippen LogP contribution >= 0.6 is 0 Å². The van der Waals surface area contributed by atoms with Gasteiger partial charge < -0.3 is 35.0 Å². The van der Waals surface area contributed by atoms with Crippen LogP contribution in [0.2, 0.25) is 39.3 Å². The summed E-state index contributed by atoms with van der Waals surface area (Å²) in [7, 11) is -2.21. The second kappa shape index (κ2) is 31.5. The molecule has 0 amide bonds. The smallest absolute Gasteiger partial charge is 0.872 e. The van der Waals surface area contributed by atoms with E-state index < -0.39 is 16.5 Å². The number of benzene rings is 4. The molecule has 0 bridgehead atoms. The van der Waals surface area contributed by atoms with Gasteiger partial charge in [-0.2, -0.15) is 0 Å². The third-order valence-corrected chi connectivity index (χ3v) is 16.3. The van der Waals surface area contributed by atoms with Crippen LogP contribution in [0.25, 0.3) is 15.3 Å². The summed E-state index contributed by atoms with van der Waals surface area (Å²) in [5, 5.41) is 35.1. The summed E-state index contributed by atoms with van der Waals surface area (Å²) < 4.78 is 14.7. The predicted molar refractivity (Wildman–Crippen MR) is 293 cm³/mol. The Hall–Kier alpha value is -1.31. The van der Waals surface area contributed by atoms with Crippen LogP contribution < -0.4 is 47.9 Å². The molecule has 376 valence electrons. The van der Waals surface area contributed by atoms with Crippen LogP contribution in [-0.2, 0) is 76.9 Å². The first-order valence-electron chi connectivity index (χ1n) is 24.7. The van der Waals surface area contributed by atoms with Gasteiger partial charge in [0.25, 0.3) is 0 Å². The maximum atomic E-state index is 12.9. The maximum absolute atomic E-state index is 12.9. The van der Waals surface area contributed by atoms with E-state index in [1.165, 1.54) is 47.9 Å². The zero-order valence-corrected chi connectivity index (χ0v) is 53.4. The summed E-state index contributed by atoms with van der Waals surface area (Å²) in [6.07, 6.45) is 5.11. The summed E-state index contributed by atoms with van der Waals surface area (Å²) in [5.74, 6) is 0.262. The SMILES string of the molecule is C1CCOC1.C1CCOC1.C[Si](C)(C)[N-][Si](C)(C)C.Cc1ccc([N-]Cc2cc(C(C)(C)C)cc(C(C)(C)C)c2[O-])cc1.Cc1ccc([N-]Cc2cc(C(C)(C)C)cc(C(C)(C)C)c2[O-])cc1.[Li+].[Li+].[Y+3]. The molecule has 2 heterocycles. The second-order valence-electron chi connectivity index (χ2n) is 24.4. The van der Waals surface area contributed by atoms with Gasteiger partial charge in [0.1, 0.15) is 0 Å². The van der Waals surface area contributed by atoms with Gasteiger partial charge in [0, 0.05) is 26.4 Å². The second-order valence-corrected chi connectivity index (χ2v) is 34.0. The molecule has 2 saturated heterocycles. The quantitative estimate of drug-likeness (QED) is 0.164. The standard InChI is InChI=1S/2C22H30NO.C6H18NSi2.2C4H8O.2Li.Y/c2*1-15-8-10-18(11-9-15)23-14-16-12-17(21(2,3)4)13-19(20(16)24)22(5,6)7;1-8(2,3)7-9(4,5)6;2*1-2-4-5-3-1;;;/h2*8-13,24H,14H2,1-7H3;1-6H3;2*1-4H2;;;/q3*-1;;;2*+1;+3/p-2. The molecule has 0 aliphatic carbocycles. The molecular formula is C58H92Li2N3O4Si2Y. The van der Waals surface area contributed by atoms with Crippen molar-refractivity contribution in [3.05, 3.63) is 133 Å². The molecule has 4 aromatic carbocycles. The molecule has 0 N–H and O–H groups in total. The number of hydrogen-bond donors (Lipinski definition) is 0. The largest absolute Gasteiger partial charge is 3.00 e. The number of nitrogens with zero attached hydrogens (tertiary/aromatic N) is 3. The average molecular weight is 1050 g/mol. The van der Waals surface area contributed by atoms with Crippen molar-refractivity contribution in [3.8, 4) is 11.5 Å². The van der Waals surface area contributed by atoms with E-state index in [1.807, 2.05) is 60.7 Å². The van der Waals surface area contributed by atoms with E-state index in [0.29, 0.717) is 13.1 Å². The summed E-state index contributed by atoms with van der Waals surface area (Å²) >= 11 is 0. The molecule has 12 heteroatoms. The number of rotatable bonds is 8. The van der Waals surface area contributed by atoms with Crippen LogP contribution in [0.4, 0.5) is 11.4 Å². The van der Waals surface area contributed by atoms with E-state index in [1.54, 1.807) is 0 Å². The van der Waals surface area contributed by atoms with Crippen molar-refractivity contribution < 1.29 is 90.1 Å². The molecule has 7 nitrogen and oxygen atoms in total. The van der Waals surface area contributed by atoms with Crippen molar-refractivity contribution in [2.45, 2.75) is 197 Å². The molecule has 0 saturated carbocycles. The van der Waals surface area contributed by atoms with Gasteiger partial charge in [0.2, 0.25) is 0 Å². The first kappa shape index (κ1) is 70.8. The summed E-state index contributed by atoms with van der Waals surface area (Å²) in [5.41, 5.74) is 9.64. The van der Waals surface area contributed by atoms with E-state index in [0.717, 1.165) is 60.1 Å². The van der Waals surface area contributed by atoms with Gasteiger partial charge in [-0.1, -0.05) is 245 Å². The fraction of sp³-hybridized carbons (Fsp3) is 0.586. The summed E-state index contributed by atoms with van der Waals surface area (Å²) in [4.78, 5) is 0. The molecule has 0 spiro atoms. The van der Waals surface area contributed by atoms with Crippen molar-refractivity contribution in [2.24, 2.45) is 0 Å². The van der Waals surface area contributed by atoms with Gasteiger partial charge in [0.05, 0.1) is 0 Å². The zero-order valence-electron chi connectivity index (χ0n) is 48.6. The number of hydrogen-bond acceptors (Lipinski definition) is 4. The van der Waals surface area contributed by atoms with Gasteiger partial charge in [0.15, 0.2) is 0 Å². The van der Waals surface area contributed by atoms with Crippen molar-refractivity contribution >= 4 is 27.8 Å². The van der Waals surface area contributed by atoms with Crippen LogP contribution in [0.15, 0.2) is 72.8 Å². The Labute approximate surface area is 480 Å². The van der Waals surface area contributed by atoms with Gasteiger partial charge in [-0.15, -0.1) is 36.0 Å². The Bertz CT molecular complexity index is 1910. The Morgan fingerprint density at radius 2 is 0.729 bits per heavy atom. The molecule has 0 unspecified atom stereocenters. The first-order valence-corrected chi connectivity index (χ1v) is 31.6. The fourth-order valence-electron chi connectivity index (χ4n) is 7.27. The topological polar surface area (TPSA) is 107 Å². The average Bonchev–Trinajstić information content (AvgIpc) is 3.97. The molecule has 0 atom stereocenters. The van der Waals surface area contributed by atoms with Gasteiger partial charge in [-0.3, -0.25) is 0 Å². The Morgan fingerprint density at radius 3 is 0.914 bits per heavy atom. The molecule has 2 aliphatic rings. The molecule has 2 fully saturated rings. The third kappa shape index (κ3) is 28.4. The van der Waals surface area contributed by atoms with Crippen LogP contribution in [-0.4, -0.2) is 42.9 Å². The molecular weight excluding hydrogens is 962 g/mol. The van der Waals surface area contributed by atoms with Gasteiger partial charge in [-0.25, -0.2) is 0 Å². The van der Waals surface area contributed by atoms with E-state index in [4.69, 9.17) is 14.1 Å².